The Morgan fingerprint density at radius 2 is 1.92 bits per heavy atom. The molecule has 2 unspecified atom stereocenters. The van der Waals surface area contributed by atoms with E-state index >= 15 is 0 Å². The average Bonchev–Trinajstić information content (AvgIpc) is 2.78. The molecule has 0 aromatic heterocycles. The lowest BCUT2D eigenvalue weighted by Crippen LogP contribution is -2.50. The summed E-state index contributed by atoms with van der Waals surface area (Å²) in [6, 6.07) is 5.94. The maximum absolute atomic E-state index is 12.3. The fourth-order valence-corrected chi connectivity index (χ4v) is 2.36. The van der Waals surface area contributed by atoms with E-state index in [-0.39, 0.29) is 6.42 Å². The highest BCUT2D eigenvalue weighted by atomic mass is 19.4. The van der Waals surface area contributed by atoms with Gasteiger partial charge in [-0.2, -0.15) is 13.2 Å². The van der Waals surface area contributed by atoms with Crippen molar-refractivity contribution in [2.24, 2.45) is 0 Å². The van der Waals surface area contributed by atoms with Crippen LogP contribution in [-0.2, 0) is 16.0 Å². The Balaban J connectivity index is 2.01. The summed E-state index contributed by atoms with van der Waals surface area (Å²) in [7, 11) is 0. The number of benzene rings is 1. The summed E-state index contributed by atoms with van der Waals surface area (Å²) >= 11 is 0. The zero-order valence-electron chi connectivity index (χ0n) is 12.8. The minimum Gasteiger partial charge on any atom is -0.345 e. The van der Waals surface area contributed by atoms with Crippen molar-refractivity contribution in [1.29, 1.82) is 0 Å². The number of nitrogens with one attached hydrogen (secondary N) is 2. The summed E-state index contributed by atoms with van der Waals surface area (Å²) < 4.78 is 36.4. The predicted octanol–water partition coefficient (Wildman–Crippen LogP) is 1.22. The third kappa shape index (κ3) is 4.24. The third-order valence-electron chi connectivity index (χ3n) is 3.56. The van der Waals surface area contributed by atoms with Gasteiger partial charge in [0.25, 0.3) is 5.91 Å². The standard InChI is InChI=1S/C15H16F3N3O3/c1-9(12(22)19-8-15(16,17)18)21-13(23)11(20-14(21)24)7-10-5-3-2-4-6-10/h2-6,9,11H,7-8H2,1H3,(H,19,22)(H,20,24). The zero-order chi connectivity index (χ0) is 17.9. The van der Waals surface area contributed by atoms with Crippen LogP contribution < -0.4 is 10.6 Å². The van der Waals surface area contributed by atoms with Crippen LogP contribution in [0.5, 0.6) is 0 Å². The lowest BCUT2D eigenvalue weighted by Gasteiger charge is -2.21. The molecule has 24 heavy (non-hydrogen) atoms. The molecule has 130 valence electrons. The first kappa shape index (κ1) is 17.8. The zero-order valence-corrected chi connectivity index (χ0v) is 12.8. The lowest BCUT2D eigenvalue weighted by atomic mass is 10.1. The number of hydrogen-bond acceptors (Lipinski definition) is 3. The van der Waals surface area contributed by atoms with Gasteiger partial charge in [-0.1, -0.05) is 30.3 Å². The van der Waals surface area contributed by atoms with Crippen LogP contribution in [0.4, 0.5) is 18.0 Å². The molecule has 0 saturated carbocycles. The number of rotatable bonds is 5. The molecule has 1 aromatic carbocycles. The normalized spacial score (nSPS) is 19.2. The van der Waals surface area contributed by atoms with E-state index < -0.39 is 42.7 Å². The molecule has 1 heterocycles. The van der Waals surface area contributed by atoms with Crippen molar-refractivity contribution >= 4 is 17.8 Å². The van der Waals surface area contributed by atoms with E-state index in [1.165, 1.54) is 6.92 Å². The van der Waals surface area contributed by atoms with Gasteiger partial charge >= 0.3 is 12.2 Å². The van der Waals surface area contributed by atoms with Gasteiger partial charge < -0.3 is 10.6 Å². The topological polar surface area (TPSA) is 78.5 Å². The first-order chi connectivity index (χ1) is 11.2. The van der Waals surface area contributed by atoms with E-state index in [4.69, 9.17) is 0 Å². The fourth-order valence-electron chi connectivity index (χ4n) is 2.36. The molecule has 9 heteroatoms. The van der Waals surface area contributed by atoms with Crippen LogP contribution in [0.1, 0.15) is 12.5 Å². The molecule has 4 amide bonds. The van der Waals surface area contributed by atoms with E-state index in [0.717, 1.165) is 5.56 Å². The summed E-state index contributed by atoms with van der Waals surface area (Å²) in [6.45, 7) is -0.318. The smallest absolute Gasteiger partial charge is 0.345 e. The molecule has 1 fully saturated rings. The fraction of sp³-hybridized carbons (Fsp3) is 0.400. The second-order valence-electron chi connectivity index (χ2n) is 5.41. The number of alkyl halides is 3. The van der Waals surface area contributed by atoms with Gasteiger partial charge in [0.15, 0.2) is 0 Å². The van der Waals surface area contributed by atoms with Gasteiger partial charge in [0.2, 0.25) is 5.91 Å². The summed E-state index contributed by atoms with van der Waals surface area (Å²) in [5.41, 5.74) is 0.812. The molecular formula is C15H16F3N3O3. The van der Waals surface area contributed by atoms with Crippen molar-refractivity contribution in [2.75, 3.05) is 6.54 Å². The Labute approximate surface area is 136 Å². The molecular weight excluding hydrogens is 327 g/mol. The van der Waals surface area contributed by atoms with Gasteiger partial charge in [0.05, 0.1) is 0 Å². The maximum atomic E-state index is 12.3. The van der Waals surface area contributed by atoms with Crippen LogP contribution in [0.25, 0.3) is 0 Å². The Morgan fingerprint density at radius 3 is 2.50 bits per heavy atom. The highest BCUT2D eigenvalue weighted by Crippen LogP contribution is 2.16. The average molecular weight is 343 g/mol. The molecule has 2 rings (SSSR count). The number of imide groups is 1. The number of urea groups is 1. The van der Waals surface area contributed by atoms with Crippen molar-refractivity contribution in [3.63, 3.8) is 0 Å². The number of nitrogens with zero attached hydrogens (tertiary/aromatic N) is 1. The van der Waals surface area contributed by atoms with Crippen molar-refractivity contribution < 1.29 is 27.6 Å². The summed E-state index contributed by atoms with van der Waals surface area (Å²) in [5.74, 6) is -1.69. The number of amides is 4. The number of carbonyl (C=O) groups is 3. The van der Waals surface area contributed by atoms with E-state index in [1.54, 1.807) is 35.6 Å². The van der Waals surface area contributed by atoms with Crippen LogP contribution in [0.15, 0.2) is 30.3 Å². The molecule has 0 spiro atoms. The first-order valence-electron chi connectivity index (χ1n) is 7.21. The molecule has 6 nitrogen and oxygen atoms in total. The van der Waals surface area contributed by atoms with E-state index in [2.05, 4.69) is 5.32 Å². The molecule has 0 aliphatic carbocycles. The minimum absolute atomic E-state index is 0.235. The van der Waals surface area contributed by atoms with E-state index in [1.807, 2.05) is 0 Å². The lowest BCUT2D eigenvalue weighted by molar-refractivity contribution is -0.143. The van der Waals surface area contributed by atoms with Crippen LogP contribution in [-0.4, -0.2) is 47.6 Å². The molecule has 1 aliphatic rings. The highest BCUT2D eigenvalue weighted by Gasteiger charge is 2.43. The third-order valence-corrected chi connectivity index (χ3v) is 3.56. The first-order valence-corrected chi connectivity index (χ1v) is 7.21. The minimum atomic E-state index is -4.57. The Bertz CT molecular complexity index is 634. The predicted molar refractivity (Wildman–Crippen MR) is 77.8 cm³/mol. The number of carbonyl (C=O) groups excluding carboxylic acids is 3. The van der Waals surface area contributed by atoms with Crippen molar-refractivity contribution in [3.8, 4) is 0 Å². The van der Waals surface area contributed by atoms with Gasteiger partial charge in [-0.05, 0) is 12.5 Å². The van der Waals surface area contributed by atoms with Gasteiger partial charge in [-0.3, -0.25) is 14.5 Å². The second kappa shape index (κ2) is 6.90. The van der Waals surface area contributed by atoms with Crippen molar-refractivity contribution in [3.05, 3.63) is 35.9 Å². The molecule has 1 aromatic rings. The second-order valence-corrected chi connectivity index (χ2v) is 5.41. The summed E-state index contributed by atoms with van der Waals surface area (Å²) in [6.07, 6.45) is -4.33. The van der Waals surface area contributed by atoms with Gasteiger partial charge in [-0.25, -0.2) is 4.79 Å². The molecule has 2 atom stereocenters. The monoisotopic (exact) mass is 343 g/mol. The van der Waals surface area contributed by atoms with Gasteiger partial charge in [0.1, 0.15) is 18.6 Å². The Morgan fingerprint density at radius 1 is 1.29 bits per heavy atom. The summed E-state index contributed by atoms with van der Waals surface area (Å²) in [5, 5.41) is 4.11. The molecule has 0 bridgehead atoms. The van der Waals surface area contributed by atoms with Crippen LogP contribution in [0.2, 0.25) is 0 Å². The highest BCUT2D eigenvalue weighted by molar-refractivity contribution is 6.07. The maximum Gasteiger partial charge on any atom is 0.405 e. The van der Waals surface area contributed by atoms with Gasteiger partial charge in [0, 0.05) is 6.42 Å². The molecule has 2 N–H and O–H groups in total. The molecule has 1 aliphatic heterocycles. The number of hydrogen-bond donors (Lipinski definition) is 2. The van der Waals surface area contributed by atoms with Crippen LogP contribution in [0.3, 0.4) is 0 Å². The van der Waals surface area contributed by atoms with Crippen LogP contribution >= 0.6 is 0 Å². The van der Waals surface area contributed by atoms with E-state index in [0.29, 0.717) is 4.90 Å². The van der Waals surface area contributed by atoms with Crippen molar-refractivity contribution in [1.82, 2.24) is 15.5 Å². The molecule has 0 radical (unpaired) electrons. The molecule has 1 saturated heterocycles. The Kier molecular flexibility index (Phi) is 5.10. The van der Waals surface area contributed by atoms with Gasteiger partial charge in [-0.15, -0.1) is 0 Å². The quantitative estimate of drug-likeness (QED) is 0.789. The Hall–Kier alpha value is -2.58. The largest absolute Gasteiger partial charge is 0.405 e. The summed E-state index contributed by atoms with van der Waals surface area (Å²) in [4.78, 5) is 36.6. The van der Waals surface area contributed by atoms with Crippen LogP contribution in [0, 0.1) is 0 Å². The van der Waals surface area contributed by atoms with E-state index in [9.17, 15) is 27.6 Å². The number of halogens is 3. The SMILES string of the molecule is CC(C(=O)NCC(F)(F)F)N1C(=O)NC(Cc2ccccc2)C1=O. The van der Waals surface area contributed by atoms with Crippen molar-refractivity contribution in [2.45, 2.75) is 31.6 Å².